The molecule has 1 aliphatic carbocycles. The van der Waals surface area contributed by atoms with Crippen molar-refractivity contribution in [1.82, 2.24) is 20.2 Å². The summed E-state index contributed by atoms with van der Waals surface area (Å²) in [5.41, 5.74) is 1.90. The fraction of sp³-hybridized carbons (Fsp3) is 0.586. The van der Waals surface area contributed by atoms with Crippen LogP contribution in [0.25, 0.3) is 0 Å². The lowest BCUT2D eigenvalue weighted by Crippen LogP contribution is -2.42. The van der Waals surface area contributed by atoms with Crippen molar-refractivity contribution in [1.29, 1.82) is 0 Å². The van der Waals surface area contributed by atoms with E-state index in [-0.39, 0.29) is 11.8 Å². The quantitative estimate of drug-likeness (QED) is 0.465. The summed E-state index contributed by atoms with van der Waals surface area (Å²) in [7, 11) is 3.36. The number of nitrogens with zero attached hydrogens (tertiary/aromatic N) is 5. The third-order valence-electron chi connectivity index (χ3n) is 7.78. The summed E-state index contributed by atoms with van der Waals surface area (Å²) in [6, 6.07) is 6.50. The van der Waals surface area contributed by atoms with Crippen LogP contribution in [0.15, 0.2) is 24.4 Å². The normalized spacial score (nSPS) is 16.2. The van der Waals surface area contributed by atoms with E-state index in [9.17, 15) is 9.59 Å². The molecular formula is C29H43N7O3. The molecule has 2 aromatic rings. The van der Waals surface area contributed by atoms with Gasteiger partial charge in [-0.25, -0.2) is 4.98 Å². The zero-order valence-electron chi connectivity index (χ0n) is 24.2. The maximum Gasteiger partial charge on any atom is 0.251 e. The number of carbonyl (C=O) groups is 2. The molecule has 2 amide bonds. The zero-order valence-corrected chi connectivity index (χ0v) is 24.2. The molecule has 1 fully saturated rings. The van der Waals surface area contributed by atoms with Crippen molar-refractivity contribution < 1.29 is 14.3 Å². The van der Waals surface area contributed by atoms with Gasteiger partial charge in [0.1, 0.15) is 11.4 Å². The fourth-order valence-corrected chi connectivity index (χ4v) is 5.64. The Bertz CT molecular complexity index is 1160. The van der Waals surface area contributed by atoms with Gasteiger partial charge in [-0.3, -0.25) is 14.5 Å². The van der Waals surface area contributed by atoms with Gasteiger partial charge < -0.3 is 25.2 Å². The van der Waals surface area contributed by atoms with Crippen molar-refractivity contribution in [2.45, 2.75) is 77.9 Å². The van der Waals surface area contributed by atoms with Crippen molar-refractivity contribution in [3.63, 3.8) is 0 Å². The molecule has 0 saturated heterocycles. The molecular weight excluding hydrogens is 494 g/mol. The monoisotopic (exact) mass is 537 g/mol. The highest BCUT2D eigenvalue weighted by atomic mass is 16.5. The number of fused-ring (bicyclic) bond motifs is 1. The van der Waals surface area contributed by atoms with Crippen LogP contribution in [0.1, 0.15) is 70.2 Å². The molecule has 10 nitrogen and oxygen atoms in total. The van der Waals surface area contributed by atoms with Gasteiger partial charge in [0.2, 0.25) is 11.9 Å². The van der Waals surface area contributed by atoms with E-state index in [1.54, 1.807) is 37.4 Å². The molecule has 2 heterocycles. The van der Waals surface area contributed by atoms with E-state index in [1.165, 1.54) is 12.8 Å². The first kappa shape index (κ1) is 28.6. The summed E-state index contributed by atoms with van der Waals surface area (Å²) in [6.45, 7) is 10.6. The second-order valence-corrected chi connectivity index (χ2v) is 11.0. The predicted molar refractivity (Wildman–Crippen MR) is 155 cm³/mol. The van der Waals surface area contributed by atoms with Crippen LogP contribution in [0, 0.1) is 0 Å². The smallest absolute Gasteiger partial charge is 0.251 e. The molecule has 0 spiro atoms. The van der Waals surface area contributed by atoms with E-state index in [4.69, 9.17) is 9.72 Å². The van der Waals surface area contributed by atoms with Gasteiger partial charge in [-0.2, -0.15) is 4.98 Å². The molecule has 10 heteroatoms. The molecule has 1 saturated carbocycles. The van der Waals surface area contributed by atoms with Gasteiger partial charge in [0, 0.05) is 56.8 Å². The highest BCUT2D eigenvalue weighted by Crippen LogP contribution is 2.37. The predicted octanol–water partition coefficient (Wildman–Crippen LogP) is 4.19. The highest BCUT2D eigenvalue weighted by Gasteiger charge is 2.31. The van der Waals surface area contributed by atoms with Crippen LogP contribution in [0.4, 0.5) is 23.1 Å². The van der Waals surface area contributed by atoms with Crippen molar-refractivity contribution >= 4 is 35.0 Å². The second-order valence-electron chi connectivity index (χ2n) is 11.0. The van der Waals surface area contributed by atoms with E-state index < -0.39 is 0 Å². The molecule has 1 aromatic carbocycles. The van der Waals surface area contributed by atoms with Gasteiger partial charge in [-0.15, -0.1) is 0 Å². The van der Waals surface area contributed by atoms with Crippen LogP contribution < -0.4 is 25.2 Å². The summed E-state index contributed by atoms with van der Waals surface area (Å²) in [5.74, 6) is 1.63. The average Bonchev–Trinajstić information content (AvgIpc) is 3.41. The van der Waals surface area contributed by atoms with E-state index in [0.29, 0.717) is 60.6 Å². The molecule has 0 radical (unpaired) electrons. The number of ether oxygens (including phenoxy) is 1. The molecule has 4 rings (SSSR count). The standard InChI is InChI=1S/C29H43N7O3/c1-19(2)35(20(3)4)16-14-30-28(38)21-11-12-23(25(17-21)39-6)32-29-31-18-24-27(33-29)36(22-9-7-8-10-22)15-13-26(37)34(24)5/h11-12,17-20,22H,7-10,13-16H2,1-6H3,(H,30,38)(H,31,32,33). The minimum atomic E-state index is -0.145. The first-order valence-corrected chi connectivity index (χ1v) is 14.1. The fourth-order valence-electron chi connectivity index (χ4n) is 5.64. The van der Waals surface area contributed by atoms with Crippen molar-refractivity contribution in [2.24, 2.45) is 0 Å². The Morgan fingerprint density at radius 3 is 2.56 bits per heavy atom. The van der Waals surface area contributed by atoms with E-state index >= 15 is 0 Å². The molecule has 39 heavy (non-hydrogen) atoms. The Morgan fingerprint density at radius 1 is 1.18 bits per heavy atom. The molecule has 212 valence electrons. The number of carbonyl (C=O) groups excluding carboxylic acids is 2. The Hall–Kier alpha value is -3.40. The number of nitrogens with one attached hydrogen (secondary N) is 2. The molecule has 0 unspecified atom stereocenters. The van der Waals surface area contributed by atoms with Gasteiger partial charge >= 0.3 is 0 Å². The molecule has 2 aliphatic rings. The highest BCUT2D eigenvalue weighted by molar-refractivity contribution is 5.97. The maximum absolute atomic E-state index is 12.8. The van der Waals surface area contributed by atoms with E-state index in [1.807, 2.05) is 6.07 Å². The topological polar surface area (TPSA) is 103 Å². The number of rotatable bonds is 10. The molecule has 0 bridgehead atoms. The van der Waals surface area contributed by atoms with Gasteiger partial charge in [-0.05, 0) is 58.7 Å². The second kappa shape index (κ2) is 12.6. The van der Waals surface area contributed by atoms with Gasteiger partial charge in [0.15, 0.2) is 5.82 Å². The Balaban J connectivity index is 1.50. The molecule has 2 N–H and O–H groups in total. The third-order valence-corrected chi connectivity index (χ3v) is 7.78. The number of hydrogen-bond donors (Lipinski definition) is 2. The summed E-state index contributed by atoms with van der Waals surface area (Å²) in [5, 5.41) is 6.28. The lowest BCUT2D eigenvalue weighted by Gasteiger charge is -2.30. The number of aromatic nitrogens is 2. The Kier molecular flexibility index (Phi) is 9.27. The number of anilines is 4. The van der Waals surface area contributed by atoms with E-state index in [0.717, 1.165) is 30.9 Å². The summed E-state index contributed by atoms with van der Waals surface area (Å²) in [4.78, 5) is 41.1. The Labute approximate surface area is 232 Å². The van der Waals surface area contributed by atoms with Crippen LogP contribution in [-0.2, 0) is 4.79 Å². The van der Waals surface area contributed by atoms with Crippen LogP contribution in [0.5, 0.6) is 5.75 Å². The molecule has 0 atom stereocenters. The average molecular weight is 538 g/mol. The van der Waals surface area contributed by atoms with E-state index in [2.05, 4.69) is 53.1 Å². The number of benzene rings is 1. The SMILES string of the molecule is COc1cc(C(=O)NCCN(C(C)C)C(C)C)ccc1Nc1ncc2c(n1)N(C1CCCC1)CCC(=O)N2C. The maximum atomic E-state index is 12.8. The third kappa shape index (κ3) is 6.61. The molecule has 1 aromatic heterocycles. The molecule has 1 aliphatic heterocycles. The van der Waals surface area contributed by atoms with Gasteiger partial charge in [0.05, 0.1) is 19.0 Å². The minimum Gasteiger partial charge on any atom is -0.495 e. The van der Waals surface area contributed by atoms with Crippen LogP contribution >= 0.6 is 0 Å². The minimum absolute atomic E-state index is 0.0673. The van der Waals surface area contributed by atoms with Crippen molar-refractivity contribution in [3.05, 3.63) is 30.0 Å². The lowest BCUT2D eigenvalue weighted by molar-refractivity contribution is -0.118. The number of hydrogen-bond acceptors (Lipinski definition) is 8. The number of amides is 2. The van der Waals surface area contributed by atoms with Crippen molar-refractivity contribution in [3.8, 4) is 5.75 Å². The largest absolute Gasteiger partial charge is 0.495 e. The summed E-state index contributed by atoms with van der Waals surface area (Å²) in [6.07, 6.45) is 6.77. The summed E-state index contributed by atoms with van der Waals surface area (Å²) >= 11 is 0. The first-order chi connectivity index (χ1) is 18.7. The first-order valence-electron chi connectivity index (χ1n) is 14.1. The van der Waals surface area contributed by atoms with Crippen LogP contribution in [-0.4, -0.2) is 78.6 Å². The Morgan fingerprint density at radius 2 is 1.90 bits per heavy atom. The zero-order chi connectivity index (χ0) is 28.1. The van der Waals surface area contributed by atoms with Crippen molar-refractivity contribution in [2.75, 3.05) is 48.9 Å². The summed E-state index contributed by atoms with van der Waals surface area (Å²) < 4.78 is 5.61. The van der Waals surface area contributed by atoms with Crippen LogP contribution in [0.2, 0.25) is 0 Å². The van der Waals surface area contributed by atoms with Crippen LogP contribution in [0.3, 0.4) is 0 Å². The number of methoxy groups -OCH3 is 1. The van der Waals surface area contributed by atoms with Gasteiger partial charge in [-0.1, -0.05) is 12.8 Å². The van der Waals surface area contributed by atoms with Gasteiger partial charge in [0.25, 0.3) is 5.91 Å². The lowest BCUT2D eigenvalue weighted by atomic mass is 10.1.